The average Bonchev–Trinajstić information content (AvgIpc) is 2.31. The molecule has 0 aromatic heterocycles. The molecule has 0 aromatic carbocycles. The molecule has 4 heteroatoms. The van der Waals surface area contributed by atoms with Gasteiger partial charge >= 0.3 is 0 Å². The third kappa shape index (κ3) is 3.19. The minimum absolute atomic E-state index is 0.110. The molecule has 16 heavy (non-hydrogen) atoms. The standard InChI is InChI=1S/C12H23N3O/c13-12(16)11-3-7-15(8-4-11)9-10-1-5-14-6-2-10/h10-11,14H,1-9H2,(H2,13,16). The van der Waals surface area contributed by atoms with Crippen LogP contribution in [0.25, 0.3) is 0 Å². The first-order chi connectivity index (χ1) is 7.75. The summed E-state index contributed by atoms with van der Waals surface area (Å²) < 4.78 is 0. The Morgan fingerprint density at radius 3 is 2.38 bits per heavy atom. The molecule has 0 aliphatic carbocycles. The molecule has 2 aliphatic rings. The summed E-state index contributed by atoms with van der Waals surface area (Å²) in [5, 5.41) is 3.39. The van der Waals surface area contributed by atoms with E-state index in [0.29, 0.717) is 0 Å². The van der Waals surface area contributed by atoms with Gasteiger partial charge < -0.3 is 16.0 Å². The zero-order valence-electron chi connectivity index (χ0n) is 9.95. The number of likely N-dealkylation sites (tertiary alicyclic amines) is 1. The molecule has 0 radical (unpaired) electrons. The van der Waals surface area contributed by atoms with E-state index in [2.05, 4.69) is 10.2 Å². The summed E-state index contributed by atoms with van der Waals surface area (Å²) in [6.45, 7) is 5.66. The lowest BCUT2D eigenvalue weighted by atomic mass is 9.93. The molecule has 2 aliphatic heterocycles. The second-order valence-electron chi connectivity index (χ2n) is 5.17. The van der Waals surface area contributed by atoms with Crippen molar-refractivity contribution in [2.45, 2.75) is 25.7 Å². The fourth-order valence-corrected chi connectivity index (χ4v) is 2.83. The summed E-state index contributed by atoms with van der Waals surface area (Å²) in [5.41, 5.74) is 5.33. The van der Waals surface area contributed by atoms with Gasteiger partial charge in [0.25, 0.3) is 0 Å². The monoisotopic (exact) mass is 225 g/mol. The van der Waals surface area contributed by atoms with Crippen LogP contribution in [-0.2, 0) is 4.79 Å². The van der Waals surface area contributed by atoms with Gasteiger partial charge in [-0.25, -0.2) is 0 Å². The normalized spacial score (nSPS) is 25.8. The molecule has 0 spiro atoms. The summed E-state index contributed by atoms with van der Waals surface area (Å²) >= 11 is 0. The molecule has 0 atom stereocenters. The van der Waals surface area contributed by atoms with Crippen molar-refractivity contribution < 1.29 is 4.79 Å². The molecule has 3 N–H and O–H groups in total. The van der Waals surface area contributed by atoms with E-state index < -0.39 is 0 Å². The molecule has 1 amide bonds. The number of nitrogens with zero attached hydrogens (tertiary/aromatic N) is 1. The van der Waals surface area contributed by atoms with Crippen molar-refractivity contribution in [2.75, 3.05) is 32.7 Å². The van der Waals surface area contributed by atoms with Crippen molar-refractivity contribution in [3.05, 3.63) is 0 Å². The van der Waals surface area contributed by atoms with E-state index in [1.54, 1.807) is 0 Å². The Balaban J connectivity index is 1.70. The van der Waals surface area contributed by atoms with Gasteiger partial charge in [0.1, 0.15) is 0 Å². The van der Waals surface area contributed by atoms with E-state index >= 15 is 0 Å². The molecule has 92 valence electrons. The zero-order chi connectivity index (χ0) is 11.4. The fourth-order valence-electron chi connectivity index (χ4n) is 2.83. The Hall–Kier alpha value is -0.610. The maximum absolute atomic E-state index is 11.0. The smallest absolute Gasteiger partial charge is 0.220 e. The zero-order valence-corrected chi connectivity index (χ0v) is 9.95. The lowest BCUT2D eigenvalue weighted by Crippen LogP contribution is -2.42. The van der Waals surface area contributed by atoms with Gasteiger partial charge in [-0.15, -0.1) is 0 Å². The van der Waals surface area contributed by atoms with Gasteiger partial charge in [-0.2, -0.15) is 0 Å². The number of rotatable bonds is 3. The largest absolute Gasteiger partial charge is 0.369 e. The number of nitrogens with two attached hydrogens (primary N) is 1. The first kappa shape index (κ1) is 11.9. The molecule has 0 aromatic rings. The number of nitrogens with one attached hydrogen (secondary N) is 1. The van der Waals surface area contributed by atoms with Crippen molar-refractivity contribution in [2.24, 2.45) is 17.6 Å². The van der Waals surface area contributed by atoms with E-state index in [1.165, 1.54) is 32.5 Å². The van der Waals surface area contributed by atoms with Gasteiger partial charge in [0.2, 0.25) is 5.91 Å². The SMILES string of the molecule is NC(=O)C1CCN(CC2CCNCC2)CC1. The van der Waals surface area contributed by atoms with Gasteiger partial charge in [-0.3, -0.25) is 4.79 Å². The van der Waals surface area contributed by atoms with E-state index in [9.17, 15) is 4.79 Å². The molecule has 0 bridgehead atoms. The molecule has 2 fully saturated rings. The van der Waals surface area contributed by atoms with Crippen LogP contribution in [-0.4, -0.2) is 43.5 Å². The Morgan fingerprint density at radius 1 is 1.19 bits per heavy atom. The van der Waals surface area contributed by atoms with Gasteiger partial charge in [-0.05, 0) is 57.8 Å². The number of hydrogen-bond acceptors (Lipinski definition) is 3. The molecule has 2 rings (SSSR count). The first-order valence-corrected chi connectivity index (χ1v) is 6.48. The average molecular weight is 225 g/mol. The Bertz CT molecular complexity index is 230. The molecule has 2 heterocycles. The van der Waals surface area contributed by atoms with E-state index in [4.69, 9.17) is 5.73 Å². The number of piperidine rings is 2. The minimum atomic E-state index is -0.110. The summed E-state index contributed by atoms with van der Waals surface area (Å²) in [5.74, 6) is 0.872. The van der Waals surface area contributed by atoms with Crippen LogP contribution in [0.2, 0.25) is 0 Å². The van der Waals surface area contributed by atoms with Gasteiger partial charge in [-0.1, -0.05) is 0 Å². The van der Waals surface area contributed by atoms with Crippen LogP contribution in [0.15, 0.2) is 0 Å². The molecular formula is C12H23N3O. The second-order valence-corrected chi connectivity index (χ2v) is 5.17. The molecule has 0 saturated carbocycles. The number of amides is 1. The Morgan fingerprint density at radius 2 is 1.81 bits per heavy atom. The minimum Gasteiger partial charge on any atom is -0.369 e. The van der Waals surface area contributed by atoms with E-state index in [0.717, 1.165) is 31.8 Å². The first-order valence-electron chi connectivity index (χ1n) is 6.48. The predicted octanol–water partition coefficient (Wildman–Crippen LogP) is 0.183. The fraction of sp³-hybridized carbons (Fsp3) is 0.917. The molecule has 4 nitrogen and oxygen atoms in total. The highest BCUT2D eigenvalue weighted by molar-refractivity contribution is 5.76. The highest BCUT2D eigenvalue weighted by atomic mass is 16.1. The topological polar surface area (TPSA) is 58.4 Å². The van der Waals surface area contributed by atoms with Crippen LogP contribution in [0.4, 0.5) is 0 Å². The van der Waals surface area contributed by atoms with Crippen LogP contribution >= 0.6 is 0 Å². The summed E-state index contributed by atoms with van der Waals surface area (Å²) in [4.78, 5) is 13.6. The summed E-state index contributed by atoms with van der Waals surface area (Å²) in [6, 6.07) is 0. The van der Waals surface area contributed by atoms with Gasteiger partial charge in [0.15, 0.2) is 0 Å². The Labute approximate surface area is 97.6 Å². The quantitative estimate of drug-likeness (QED) is 0.720. The highest BCUT2D eigenvalue weighted by Crippen LogP contribution is 2.20. The third-order valence-corrected chi connectivity index (χ3v) is 3.97. The molecular weight excluding hydrogens is 202 g/mol. The van der Waals surface area contributed by atoms with E-state index in [-0.39, 0.29) is 11.8 Å². The van der Waals surface area contributed by atoms with E-state index in [1.807, 2.05) is 0 Å². The lowest BCUT2D eigenvalue weighted by molar-refractivity contribution is -0.123. The van der Waals surface area contributed by atoms with Crippen molar-refractivity contribution in [3.8, 4) is 0 Å². The number of carbonyl (C=O) groups excluding carboxylic acids is 1. The van der Waals surface area contributed by atoms with Gasteiger partial charge in [0, 0.05) is 12.5 Å². The van der Waals surface area contributed by atoms with Crippen LogP contribution in [0.1, 0.15) is 25.7 Å². The number of hydrogen-bond donors (Lipinski definition) is 2. The third-order valence-electron chi connectivity index (χ3n) is 3.97. The summed E-state index contributed by atoms with van der Waals surface area (Å²) in [7, 11) is 0. The van der Waals surface area contributed by atoms with Crippen molar-refractivity contribution in [3.63, 3.8) is 0 Å². The maximum Gasteiger partial charge on any atom is 0.220 e. The van der Waals surface area contributed by atoms with Crippen LogP contribution in [0.5, 0.6) is 0 Å². The van der Waals surface area contributed by atoms with Crippen molar-refractivity contribution >= 4 is 5.91 Å². The number of carbonyl (C=O) groups is 1. The lowest BCUT2D eigenvalue weighted by Gasteiger charge is -2.34. The maximum atomic E-state index is 11.0. The van der Waals surface area contributed by atoms with Crippen LogP contribution in [0.3, 0.4) is 0 Å². The van der Waals surface area contributed by atoms with Crippen LogP contribution < -0.4 is 11.1 Å². The Kier molecular flexibility index (Phi) is 4.18. The van der Waals surface area contributed by atoms with Crippen LogP contribution in [0, 0.1) is 11.8 Å². The van der Waals surface area contributed by atoms with Gasteiger partial charge in [0.05, 0.1) is 0 Å². The second kappa shape index (κ2) is 5.64. The summed E-state index contributed by atoms with van der Waals surface area (Å²) in [6.07, 6.45) is 4.52. The number of primary amides is 1. The molecule has 2 saturated heterocycles. The highest BCUT2D eigenvalue weighted by Gasteiger charge is 2.25. The van der Waals surface area contributed by atoms with Crippen molar-refractivity contribution in [1.29, 1.82) is 0 Å². The van der Waals surface area contributed by atoms with Crippen molar-refractivity contribution in [1.82, 2.24) is 10.2 Å². The molecule has 0 unspecified atom stereocenters. The predicted molar refractivity (Wildman–Crippen MR) is 64.0 cm³/mol.